The lowest BCUT2D eigenvalue weighted by Gasteiger charge is -2.33. The molecule has 1 N–H and O–H groups in total. The molecule has 1 aliphatic rings. The van der Waals surface area contributed by atoms with Crippen molar-refractivity contribution in [3.8, 4) is 11.5 Å². The van der Waals surface area contributed by atoms with Gasteiger partial charge >= 0.3 is 0 Å². The third-order valence-corrected chi connectivity index (χ3v) is 4.62. The second-order valence-electron chi connectivity index (χ2n) is 6.80. The third-order valence-electron chi connectivity index (χ3n) is 4.62. The summed E-state index contributed by atoms with van der Waals surface area (Å²) in [6.07, 6.45) is 0.843. The molecule has 2 aromatic rings. The number of anilines is 2. The van der Waals surface area contributed by atoms with Crippen LogP contribution in [0.3, 0.4) is 0 Å². The van der Waals surface area contributed by atoms with Gasteiger partial charge in [0, 0.05) is 5.56 Å². The van der Waals surface area contributed by atoms with Gasteiger partial charge in [-0.05, 0) is 50.6 Å². The van der Waals surface area contributed by atoms with E-state index in [1.165, 1.54) is 11.8 Å². The quantitative estimate of drug-likeness (QED) is 0.725. The zero-order chi connectivity index (χ0) is 21.0. The van der Waals surface area contributed by atoms with Crippen molar-refractivity contribution >= 4 is 29.0 Å². The molecule has 0 saturated heterocycles. The molecule has 152 valence electrons. The Kier molecular flexibility index (Phi) is 6.16. The molecule has 0 aromatic heterocycles. The van der Waals surface area contributed by atoms with Crippen LogP contribution in [0.5, 0.6) is 11.5 Å². The lowest BCUT2D eigenvalue weighted by Crippen LogP contribution is -2.49. The number of benzene rings is 2. The number of ether oxygens (including phenoxy) is 2. The van der Waals surface area contributed by atoms with Crippen LogP contribution in [0.15, 0.2) is 42.5 Å². The van der Waals surface area contributed by atoms with Crippen LogP contribution < -0.4 is 19.7 Å². The van der Waals surface area contributed by atoms with E-state index in [0.717, 1.165) is 6.42 Å². The lowest BCUT2D eigenvalue weighted by atomic mass is 10.1. The normalized spacial score (nSPS) is 13.9. The summed E-state index contributed by atoms with van der Waals surface area (Å²) in [5, 5.41) is 2.84. The van der Waals surface area contributed by atoms with Gasteiger partial charge in [-0.15, -0.1) is 0 Å². The minimum absolute atomic E-state index is 0.134. The average molecular weight is 396 g/mol. The van der Waals surface area contributed by atoms with Gasteiger partial charge in [0.25, 0.3) is 5.91 Å². The predicted octanol–water partition coefficient (Wildman–Crippen LogP) is 3.43. The first-order valence-electron chi connectivity index (χ1n) is 9.55. The van der Waals surface area contributed by atoms with E-state index in [9.17, 15) is 14.4 Å². The van der Waals surface area contributed by atoms with E-state index in [1.54, 1.807) is 43.3 Å². The highest BCUT2D eigenvalue weighted by molar-refractivity contribution is 6.08. The van der Waals surface area contributed by atoms with Gasteiger partial charge in [0.05, 0.1) is 18.0 Å². The number of hydrogen-bond donors (Lipinski definition) is 1. The van der Waals surface area contributed by atoms with Crippen molar-refractivity contribution in [2.45, 2.75) is 33.2 Å². The van der Waals surface area contributed by atoms with E-state index >= 15 is 0 Å². The number of nitrogens with zero attached hydrogens (tertiary/aromatic N) is 1. The second-order valence-corrected chi connectivity index (χ2v) is 6.80. The second kappa shape index (κ2) is 8.77. The number of rotatable bonds is 7. The molecule has 1 atom stereocenters. The third kappa shape index (κ3) is 4.39. The number of Topliss-reactive ketones (excluding diaryl/α,β-unsaturated/α-hetero) is 1. The van der Waals surface area contributed by atoms with Crippen molar-refractivity contribution < 1.29 is 23.9 Å². The highest BCUT2D eigenvalue weighted by Gasteiger charge is 2.33. The number of fused-ring (bicyclic) bond motifs is 1. The average Bonchev–Trinajstić information content (AvgIpc) is 2.72. The van der Waals surface area contributed by atoms with Crippen molar-refractivity contribution in [3.63, 3.8) is 0 Å². The Labute approximate surface area is 169 Å². The summed E-state index contributed by atoms with van der Waals surface area (Å²) in [5.74, 6) is 0.177. The van der Waals surface area contributed by atoms with Crippen LogP contribution in [0.4, 0.5) is 11.4 Å². The van der Waals surface area contributed by atoms with Crippen LogP contribution in [-0.4, -0.2) is 36.9 Å². The fourth-order valence-corrected chi connectivity index (χ4v) is 3.08. The molecule has 0 fully saturated rings. The summed E-state index contributed by atoms with van der Waals surface area (Å²) in [7, 11) is 0. The molecule has 1 unspecified atom stereocenters. The molecule has 0 spiro atoms. The molecule has 7 heteroatoms. The van der Waals surface area contributed by atoms with Gasteiger partial charge in [0.2, 0.25) is 5.91 Å². The first kappa shape index (κ1) is 20.4. The van der Waals surface area contributed by atoms with E-state index < -0.39 is 6.04 Å². The predicted molar refractivity (Wildman–Crippen MR) is 110 cm³/mol. The Hall–Kier alpha value is -3.35. The van der Waals surface area contributed by atoms with Crippen LogP contribution in [-0.2, 0) is 9.59 Å². The van der Waals surface area contributed by atoms with Crippen molar-refractivity contribution in [2.75, 3.05) is 23.4 Å². The monoisotopic (exact) mass is 396 g/mol. The number of carbonyl (C=O) groups excluding carboxylic acids is 3. The maximum Gasteiger partial charge on any atom is 0.265 e. The molecule has 1 heterocycles. The Morgan fingerprint density at radius 3 is 2.72 bits per heavy atom. The lowest BCUT2D eigenvalue weighted by molar-refractivity contribution is -0.125. The molecule has 0 saturated carbocycles. The number of ketones is 1. The van der Waals surface area contributed by atoms with Crippen LogP contribution >= 0.6 is 0 Å². The van der Waals surface area contributed by atoms with Gasteiger partial charge in [-0.25, -0.2) is 0 Å². The Balaban J connectivity index is 1.86. The summed E-state index contributed by atoms with van der Waals surface area (Å²) in [6.45, 7) is 5.45. The maximum atomic E-state index is 12.9. The van der Waals surface area contributed by atoms with Gasteiger partial charge in [-0.1, -0.05) is 19.1 Å². The summed E-state index contributed by atoms with van der Waals surface area (Å²) in [6, 6.07) is 11.2. The molecule has 2 aromatic carbocycles. The number of carbonyl (C=O) groups is 3. The molecule has 0 bridgehead atoms. The highest BCUT2D eigenvalue weighted by Crippen LogP contribution is 2.35. The van der Waals surface area contributed by atoms with Crippen LogP contribution in [0.25, 0.3) is 0 Å². The molecule has 29 heavy (non-hydrogen) atoms. The molecular weight excluding hydrogens is 372 g/mol. The first-order valence-corrected chi connectivity index (χ1v) is 9.55. The van der Waals surface area contributed by atoms with Crippen molar-refractivity contribution in [1.29, 1.82) is 0 Å². The summed E-state index contributed by atoms with van der Waals surface area (Å²) in [4.78, 5) is 38.6. The number of para-hydroxylation sites is 2. The van der Waals surface area contributed by atoms with Crippen LogP contribution in [0, 0.1) is 0 Å². The van der Waals surface area contributed by atoms with Crippen LogP contribution in [0.1, 0.15) is 37.6 Å². The van der Waals surface area contributed by atoms with Gasteiger partial charge < -0.3 is 14.8 Å². The SMILES string of the molecule is CCCOc1ccccc1NC(=O)C(C)N1C(=O)COc2ccc(C(C)=O)cc21. The van der Waals surface area contributed by atoms with Crippen LogP contribution in [0.2, 0.25) is 0 Å². The van der Waals surface area contributed by atoms with E-state index in [0.29, 0.717) is 35.0 Å². The minimum Gasteiger partial charge on any atom is -0.491 e. The molecule has 7 nitrogen and oxygen atoms in total. The van der Waals surface area contributed by atoms with Crippen molar-refractivity contribution in [2.24, 2.45) is 0 Å². The van der Waals surface area contributed by atoms with E-state index in [1.807, 2.05) is 13.0 Å². The molecule has 0 radical (unpaired) electrons. The van der Waals surface area contributed by atoms with E-state index in [-0.39, 0.29) is 24.2 Å². The van der Waals surface area contributed by atoms with Gasteiger partial charge in [-0.2, -0.15) is 0 Å². The fourth-order valence-electron chi connectivity index (χ4n) is 3.08. The number of nitrogens with one attached hydrogen (secondary N) is 1. The minimum atomic E-state index is -0.813. The van der Waals surface area contributed by atoms with Crippen molar-refractivity contribution in [3.05, 3.63) is 48.0 Å². The number of hydrogen-bond acceptors (Lipinski definition) is 5. The van der Waals surface area contributed by atoms with Gasteiger partial charge in [0.1, 0.15) is 17.5 Å². The first-order chi connectivity index (χ1) is 13.9. The Morgan fingerprint density at radius 1 is 1.24 bits per heavy atom. The Bertz CT molecular complexity index is 941. The topological polar surface area (TPSA) is 84.9 Å². The highest BCUT2D eigenvalue weighted by atomic mass is 16.5. The maximum absolute atomic E-state index is 12.9. The fraction of sp³-hybridized carbons (Fsp3) is 0.318. The molecule has 0 aliphatic carbocycles. The zero-order valence-corrected chi connectivity index (χ0v) is 16.7. The number of amides is 2. The van der Waals surface area contributed by atoms with Crippen molar-refractivity contribution in [1.82, 2.24) is 0 Å². The van der Waals surface area contributed by atoms with Gasteiger partial charge in [-0.3, -0.25) is 19.3 Å². The van der Waals surface area contributed by atoms with Gasteiger partial charge in [0.15, 0.2) is 12.4 Å². The van der Waals surface area contributed by atoms with E-state index in [4.69, 9.17) is 9.47 Å². The molecule has 3 rings (SSSR count). The standard InChI is InChI=1S/C22H24N2O5/c1-4-11-28-19-8-6-5-7-17(19)23-22(27)14(2)24-18-12-16(15(3)25)9-10-20(18)29-13-21(24)26/h5-10,12,14H,4,11,13H2,1-3H3,(H,23,27). The molecular formula is C22H24N2O5. The molecule has 2 amide bonds. The molecule has 1 aliphatic heterocycles. The summed E-state index contributed by atoms with van der Waals surface area (Å²) in [5.41, 5.74) is 1.39. The largest absolute Gasteiger partial charge is 0.491 e. The summed E-state index contributed by atoms with van der Waals surface area (Å²) < 4.78 is 11.1. The smallest absolute Gasteiger partial charge is 0.265 e. The Morgan fingerprint density at radius 2 is 2.00 bits per heavy atom. The zero-order valence-electron chi connectivity index (χ0n) is 16.7. The van der Waals surface area contributed by atoms with E-state index in [2.05, 4.69) is 5.32 Å². The summed E-state index contributed by atoms with van der Waals surface area (Å²) >= 11 is 0.